The highest BCUT2D eigenvalue weighted by Crippen LogP contribution is 2.42. The van der Waals surface area contributed by atoms with Gasteiger partial charge in [-0.25, -0.2) is 4.68 Å². The Labute approximate surface area is 199 Å². The average molecular weight is 461 g/mol. The van der Waals surface area contributed by atoms with E-state index in [-0.39, 0.29) is 22.4 Å². The molecule has 0 radical (unpaired) electrons. The Balaban J connectivity index is 1.36. The lowest BCUT2D eigenvalue weighted by atomic mass is 9.69. The van der Waals surface area contributed by atoms with E-state index in [1.165, 1.54) is 30.0 Å². The molecule has 8 heteroatoms. The van der Waals surface area contributed by atoms with Crippen LogP contribution in [-0.4, -0.2) is 49.3 Å². The molecule has 0 aliphatic carbocycles. The summed E-state index contributed by atoms with van der Waals surface area (Å²) in [6.07, 6.45) is 7.48. The van der Waals surface area contributed by atoms with E-state index in [0.717, 1.165) is 18.7 Å². The minimum atomic E-state index is -0.202. The summed E-state index contributed by atoms with van der Waals surface area (Å²) in [6, 6.07) is 11.1. The summed E-state index contributed by atoms with van der Waals surface area (Å²) in [7, 11) is 3.70. The molecule has 3 atom stereocenters. The fourth-order valence-electron chi connectivity index (χ4n) is 5.81. The van der Waals surface area contributed by atoms with Crippen LogP contribution < -0.4 is 15.8 Å². The zero-order chi connectivity index (χ0) is 24.1. The van der Waals surface area contributed by atoms with Crippen LogP contribution in [0.1, 0.15) is 46.0 Å². The van der Waals surface area contributed by atoms with Crippen LogP contribution in [0.4, 0.5) is 5.82 Å². The minimum absolute atomic E-state index is 0.0839. The van der Waals surface area contributed by atoms with Crippen LogP contribution in [0.2, 0.25) is 0 Å². The highest BCUT2D eigenvalue weighted by atomic mass is 16.3. The van der Waals surface area contributed by atoms with Crippen LogP contribution in [0.25, 0.3) is 22.4 Å². The molecule has 2 bridgehead atoms. The average Bonchev–Trinajstić information content (AvgIpc) is 2.79. The quantitative estimate of drug-likeness (QED) is 0.615. The van der Waals surface area contributed by atoms with Gasteiger partial charge >= 0.3 is 0 Å². The van der Waals surface area contributed by atoms with Crippen LogP contribution in [0, 0.1) is 0 Å². The fourth-order valence-corrected chi connectivity index (χ4v) is 5.81. The van der Waals surface area contributed by atoms with Gasteiger partial charge in [0.2, 0.25) is 0 Å². The van der Waals surface area contributed by atoms with E-state index in [2.05, 4.69) is 46.4 Å². The number of hydrogen-bond acceptors (Lipinski definition) is 7. The number of aromatic nitrogens is 4. The molecule has 0 amide bonds. The molecule has 2 aliphatic heterocycles. The van der Waals surface area contributed by atoms with Crippen LogP contribution in [0.5, 0.6) is 5.75 Å². The molecule has 2 fully saturated rings. The summed E-state index contributed by atoms with van der Waals surface area (Å²) in [5, 5.41) is 27.5. The van der Waals surface area contributed by atoms with Gasteiger partial charge in [-0.3, -0.25) is 4.79 Å². The summed E-state index contributed by atoms with van der Waals surface area (Å²) < 4.78 is 1.27. The van der Waals surface area contributed by atoms with Gasteiger partial charge in [0.05, 0.1) is 11.9 Å². The maximum Gasteiger partial charge on any atom is 0.267 e. The smallest absolute Gasteiger partial charge is 0.267 e. The van der Waals surface area contributed by atoms with E-state index in [4.69, 9.17) is 0 Å². The van der Waals surface area contributed by atoms with Crippen LogP contribution in [-0.2, 0) is 7.05 Å². The van der Waals surface area contributed by atoms with Gasteiger partial charge in [-0.05, 0) is 75.8 Å². The number of rotatable bonds is 4. The Morgan fingerprint density at radius 2 is 1.79 bits per heavy atom. The third-order valence-corrected chi connectivity index (χ3v) is 7.57. The van der Waals surface area contributed by atoms with Crippen molar-refractivity contribution in [2.75, 3.05) is 11.9 Å². The number of piperidine rings is 2. The maximum absolute atomic E-state index is 11.9. The molecular weight excluding hydrogens is 428 g/mol. The number of phenolic OH excluding ortho intramolecular Hbond substituents is 1. The summed E-state index contributed by atoms with van der Waals surface area (Å²) >= 11 is 0. The number of aryl methyl sites for hydroxylation is 1. The van der Waals surface area contributed by atoms with Crippen molar-refractivity contribution in [1.29, 1.82) is 0 Å². The van der Waals surface area contributed by atoms with E-state index in [1.54, 1.807) is 25.4 Å². The number of fused-ring (bicyclic) bond motifs is 2. The lowest BCUT2D eigenvalue weighted by Crippen LogP contribution is -2.66. The first-order valence-electron chi connectivity index (χ1n) is 11.9. The number of anilines is 1. The van der Waals surface area contributed by atoms with Gasteiger partial charge in [0.1, 0.15) is 5.75 Å². The molecule has 2 saturated heterocycles. The standard InChI is InChI=1S/C26H32N6O2/c1-25-10-5-11-26(2,30-25)15-19(14-25)31(3)23-9-8-21(28-29-23)20-7-6-17(12-22(20)33)18-13-24(34)32(4)27-16-18/h6-9,12-13,16,19,30,33H,5,10-11,14-15H2,1-4H3/t19?,25-,26+. The van der Waals surface area contributed by atoms with Gasteiger partial charge < -0.3 is 15.3 Å². The van der Waals surface area contributed by atoms with Crippen molar-refractivity contribution in [3.8, 4) is 28.1 Å². The number of nitrogens with zero attached hydrogens (tertiary/aromatic N) is 5. The molecule has 0 spiro atoms. The van der Waals surface area contributed by atoms with E-state index in [1.807, 2.05) is 18.2 Å². The molecular formula is C26H32N6O2. The summed E-state index contributed by atoms with van der Waals surface area (Å²) in [6.45, 7) is 4.68. The molecule has 34 heavy (non-hydrogen) atoms. The highest BCUT2D eigenvalue weighted by Gasteiger charge is 2.46. The summed E-state index contributed by atoms with van der Waals surface area (Å²) in [5.41, 5.74) is 2.71. The number of aromatic hydroxyl groups is 1. The van der Waals surface area contributed by atoms with Crippen molar-refractivity contribution < 1.29 is 5.11 Å². The fraction of sp³-hybridized carbons (Fsp3) is 0.462. The van der Waals surface area contributed by atoms with Gasteiger partial charge in [-0.2, -0.15) is 5.10 Å². The lowest BCUT2D eigenvalue weighted by molar-refractivity contribution is 0.0784. The Kier molecular flexibility index (Phi) is 5.43. The van der Waals surface area contributed by atoms with Gasteiger partial charge in [0.25, 0.3) is 5.56 Å². The van der Waals surface area contributed by atoms with E-state index >= 15 is 0 Å². The van der Waals surface area contributed by atoms with Crippen molar-refractivity contribution in [3.05, 3.63) is 52.9 Å². The van der Waals surface area contributed by atoms with Crippen molar-refractivity contribution >= 4 is 5.82 Å². The minimum Gasteiger partial charge on any atom is -0.507 e. The van der Waals surface area contributed by atoms with Crippen LogP contribution in [0.15, 0.2) is 47.4 Å². The summed E-state index contributed by atoms with van der Waals surface area (Å²) in [5.74, 6) is 0.920. The van der Waals surface area contributed by atoms with Gasteiger partial charge in [0, 0.05) is 48.4 Å². The first-order valence-corrected chi connectivity index (χ1v) is 11.9. The number of hydrogen-bond donors (Lipinski definition) is 2. The van der Waals surface area contributed by atoms with Gasteiger partial charge in [-0.15, -0.1) is 10.2 Å². The van der Waals surface area contributed by atoms with Crippen LogP contribution >= 0.6 is 0 Å². The number of phenols is 1. The molecule has 1 unspecified atom stereocenters. The van der Waals surface area contributed by atoms with E-state index in [9.17, 15) is 9.90 Å². The van der Waals surface area contributed by atoms with Gasteiger partial charge in [-0.1, -0.05) is 6.07 Å². The molecule has 5 rings (SSSR count). The van der Waals surface area contributed by atoms with E-state index < -0.39 is 0 Å². The van der Waals surface area contributed by atoms with Crippen molar-refractivity contribution in [2.24, 2.45) is 7.05 Å². The second-order valence-corrected chi connectivity index (χ2v) is 10.5. The van der Waals surface area contributed by atoms with Crippen molar-refractivity contribution in [3.63, 3.8) is 0 Å². The number of benzene rings is 1. The van der Waals surface area contributed by atoms with Crippen molar-refractivity contribution in [1.82, 2.24) is 25.3 Å². The van der Waals surface area contributed by atoms with Gasteiger partial charge in [0.15, 0.2) is 5.82 Å². The Bertz CT molecular complexity index is 1260. The lowest BCUT2D eigenvalue weighted by Gasteiger charge is -2.55. The zero-order valence-corrected chi connectivity index (χ0v) is 20.2. The molecule has 2 aromatic heterocycles. The predicted octanol–water partition coefficient (Wildman–Crippen LogP) is 3.50. The molecule has 2 N–H and O–H groups in total. The molecule has 4 heterocycles. The largest absolute Gasteiger partial charge is 0.507 e. The highest BCUT2D eigenvalue weighted by molar-refractivity contribution is 5.74. The maximum atomic E-state index is 11.9. The van der Waals surface area contributed by atoms with Crippen molar-refractivity contribution in [2.45, 2.75) is 63.1 Å². The zero-order valence-electron chi connectivity index (χ0n) is 20.2. The molecule has 8 nitrogen and oxygen atoms in total. The SMILES string of the molecule is CN(c1ccc(-c2ccc(-c3cnn(C)c(=O)c3)cc2O)nn1)C1C[C@]2(C)CCC[C@](C)(C1)N2. The Hall–Kier alpha value is -3.26. The molecule has 0 saturated carbocycles. The molecule has 3 aromatic rings. The normalized spacial score (nSPS) is 26.3. The Morgan fingerprint density at radius 3 is 2.41 bits per heavy atom. The second kappa shape index (κ2) is 8.20. The topological polar surface area (TPSA) is 96.2 Å². The second-order valence-electron chi connectivity index (χ2n) is 10.5. The predicted molar refractivity (Wildman–Crippen MR) is 133 cm³/mol. The van der Waals surface area contributed by atoms with Crippen LogP contribution in [0.3, 0.4) is 0 Å². The summed E-state index contributed by atoms with van der Waals surface area (Å²) in [4.78, 5) is 14.1. The monoisotopic (exact) mass is 460 g/mol. The first kappa shape index (κ1) is 22.5. The third-order valence-electron chi connectivity index (χ3n) is 7.57. The third kappa shape index (κ3) is 4.18. The molecule has 2 aliphatic rings. The van der Waals surface area contributed by atoms with E-state index in [0.29, 0.717) is 28.4 Å². The first-order chi connectivity index (χ1) is 16.1. The Morgan fingerprint density at radius 1 is 1.06 bits per heavy atom. The molecule has 1 aromatic carbocycles. The molecule has 178 valence electrons. The number of nitrogens with one attached hydrogen (secondary N) is 1.